The van der Waals surface area contributed by atoms with Gasteiger partial charge in [-0.25, -0.2) is 0 Å². The summed E-state index contributed by atoms with van der Waals surface area (Å²) in [6, 6.07) is 0. The molecule has 2 aliphatic rings. The molecule has 3 nitrogen and oxygen atoms in total. The monoisotopic (exact) mass is 285 g/mol. The maximum absolute atomic E-state index is 12.2. The van der Waals surface area contributed by atoms with Crippen molar-refractivity contribution in [2.45, 2.75) is 63.2 Å². The molecule has 2 fully saturated rings. The van der Waals surface area contributed by atoms with Crippen LogP contribution in [0.3, 0.4) is 0 Å². The van der Waals surface area contributed by atoms with E-state index in [1.165, 1.54) is 37.9 Å². The molecular weight excluding hydrogens is 258 g/mol. The van der Waals surface area contributed by atoms with Crippen LogP contribution < -0.4 is 0 Å². The lowest BCUT2D eigenvalue weighted by Crippen LogP contribution is -2.39. The Hall–Kier alpha value is -0.220. The number of amides is 1. The van der Waals surface area contributed by atoms with Crippen molar-refractivity contribution < 1.29 is 9.53 Å². The maximum atomic E-state index is 12.2. The molecule has 110 valence electrons. The number of hydrogen-bond acceptors (Lipinski definition) is 3. The quantitative estimate of drug-likeness (QED) is 0.751. The Morgan fingerprint density at radius 2 is 2.00 bits per heavy atom. The number of carbonyl (C=O) groups is 1. The Kier molecular flexibility index (Phi) is 6.51. The van der Waals surface area contributed by atoms with Crippen LogP contribution >= 0.6 is 11.8 Å². The Labute approximate surface area is 121 Å². The van der Waals surface area contributed by atoms with Crippen LogP contribution in [-0.4, -0.2) is 47.6 Å². The second-order valence-corrected chi connectivity index (χ2v) is 7.05. The van der Waals surface area contributed by atoms with Gasteiger partial charge in [0.1, 0.15) is 6.61 Å². The second-order valence-electron chi connectivity index (χ2n) is 5.64. The van der Waals surface area contributed by atoms with E-state index in [2.05, 4.69) is 6.92 Å². The zero-order chi connectivity index (χ0) is 13.5. The zero-order valence-electron chi connectivity index (χ0n) is 12.1. The highest BCUT2D eigenvalue weighted by Gasteiger charge is 2.22. The molecule has 1 atom stereocenters. The van der Waals surface area contributed by atoms with Gasteiger partial charge in [0, 0.05) is 18.3 Å². The Balaban J connectivity index is 1.69. The van der Waals surface area contributed by atoms with E-state index in [9.17, 15) is 4.79 Å². The number of hydrogen-bond donors (Lipinski definition) is 0. The van der Waals surface area contributed by atoms with Gasteiger partial charge in [-0.15, -0.1) is 0 Å². The summed E-state index contributed by atoms with van der Waals surface area (Å²) < 4.78 is 5.79. The van der Waals surface area contributed by atoms with Crippen molar-refractivity contribution in [3.63, 3.8) is 0 Å². The van der Waals surface area contributed by atoms with Crippen molar-refractivity contribution in [2.75, 3.05) is 25.4 Å². The lowest BCUT2D eigenvalue weighted by molar-refractivity contribution is -0.138. The summed E-state index contributed by atoms with van der Waals surface area (Å²) >= 11 is 2.01. The predicted octanol–water partition coefficient (Wildman–Crippen LogP) is 3.08. The lowest BCUT2D eigenvalue weighted by Gasteiger charge is -2.26. The van der Waals surface area contributed by atoms with E-state index in [1.54, 1.807) is 0 Å². The molecule has 1 heterocycles. The fourth-order valence-corrected chi connectivity index (χ4v) is 4.24. The maximum Gasteiger partial charge on any atom is 0.248 e. The summed E-state index contributed by atoms with van der Waals surface area (Å²) in [4.78, 5) is 14.2. The van der Waals surface area contributed by atoms with Crippen molar-refractivity contribution in [1.29, 1.82) is 0 Å². The van der Waals surface area contributed by atoms with E-state index in [1.807, 2.05) is 16.7 Å². The fourth-order valence-electron chi connectivity index (χ4n) is 2.95. The van der Waals surface area contributed by atoms with Crippen molar-refractivity contribution in [2.24, 2.45) is 0 Å². The first-order valence-corrected chi connectivity index (χ1v) is 8.85. The highest BCUT2D eigenvalue weighted by molar-refractivity contribution is 8.00. The van der Waals surface area contributed by atoms with Crippen LogP contribution in [-0.2, 0) is 9.53 Å². The summed E-state index contributed by atoms with van der Waals surface area (Å²) in [7, 11) is 0. The predicted molar refractivity (Wildman–Crippen MR) is 80.6 cm³/mol. The van der Waals surface area contributed by atoms with Gasteiger partial charge in [0.25, 0.3) is 0 Å². The van der Waals surface area contributed by atoms with Gasteiger partial charge < -0.3 is 9.64 Å². The number of nitrogens with zero attached hydrogens (tertiary/aromatic N) is 1. The second kappa shape index (κ2) is 8.15. The fraction of sp³-hybridized carbons (Fsp3) is 0.933. The van der Waals surface area contributed by atoms with Crippen LogP contribution in [0, 0.1) is 0 Å². The summed E-state index contributed by atoms with van der Waals surface area (Å²) in [5.74, 6) is 1.44. The molecule has 0 aromatic heterocycles. The number of thioether (sulfide) groups is 1. The molecule has 1 aliphatic carbocycles. The minimum absolute atomic E-state index is 0.181. The number of carbonyl (C=O) groups excluding carboxylic acids is 1. The first kappa shape index (κ1) is 15.2. The van der Waals surface area contributed by atoms with Crippen LogP contribution in [0.4, 0.5) is 0 Å². The van der Waals surface area contributed by atoms with Gasteiger partial charge in [-0.3, -0.25) is 4.79 Å². The number of likely N-dealkylation sites (N-methyl/N-ethyl adjacent to an activating group) is 1. The first-order chi connectivity index (χ1) is 9.29. The molecule has 0 aromatic rings. The number of rotatable bonds is 6. The Bertz CT molecular complexity index is 273. The number of ether oxygens (including phenoxy) is 1. The van der Waals surface area contributed by atoms with Crippen LogP contribution in [0.15, 0.2) is 0 Å². The topological polar surface area (TPSA) is 29.5 Å². The molecule has 0 aromatic carbocycles. The van der Waals surface area contributed by atoms with Crippen molar-refractivity contribution in [3.8, 4) is 0 Å². The summed E-state index contributed by atoms with van der Waals surface area (Å²) in [6.45, 7) is 4.08. The molecule has 0 spiro atoms. The molecule has 19 heavy (non-hydrogen) atoms. The third-order valence-corrected chi connectivity index (χ3v) is 5.56. The molecule has 1 amide bonds. The van der Waals surface area contributed by atoms with E-state index in [4.69, 9.17) is 4.74 Å². The van der Waals surface area contributed by atoms with Gasteiger partial charge in [0.05, 0.1) is 6.10 Å². The molecule has 0 radical (unpaired) electrons. The van der Waals surface area contributed by atoms with Gasteiger partial charge in [0.15, 0.2) is 0 Å². The van der Waals surface area contributed by atoms with Gasteiger partial charge in [0.2, 0.25) is 5.91 Å². The molecule has 1 aliphatic heterocycles. The minimum Gasteiger partial charge on any atom is -0.368 e. The van der Waals surface area contributed by atoms with E-state index in [0.29, 0.717) is 11.4 Å². The van der Waals surface area contributed by atoms with E-state index < -0.39 is 0 Å². The average molecular weight is 285 g/mol. The van der Waals surface area contributed by atoms with Gasteiger partial charge in [-0.2, -0.15) is 11.8 Å². The molecule has 4 heteroatoms. The summed E-state index contributed by atoms with van der Waals surface area (Å²) in [5.41, 5.74) is 0. The highest BCUT2D eigenvalue weighted by Crippen LogP contribution is 2.27. The van der Waals surface area contributed by atoms with Gasteiger partial charge in [-0.1, -0.05) is 19.3 Å². The van der Waals surface area contributed by atoms with Crippen LogP contribution in [0.2, 0.25) is 0 Å². The molecule has 2 rings (SSSR count). The zero-order valence-corrected chi connectivity index (χ0v) is 12.9. The average Bonchev–Trinajstić information content (AvgIpc) is 2.96. The van der Waals surface area contributed by atoms with Gasteiger partial charge >= 0.3 is 0 Å². The molecule has 1 unspecified atom stereocenters. The van der Waals surface area contributed by atoms with Crippen molar-refractivity contribution in [3.05, 3.63) is 0 Å². The summed E-state index contributed by atoms with van der Waals surface area (Å²) in [6.07, 6.45) is 9.02. The SMILES string of the molecule is CCN(CC1CCCS1)C(=O)COC1CCCCC1. The van der Waals surface area contributed by atoms with E-state index >= 15 is 0 Å². The third-order valence-electron chi connectivity index (χ3n) is 4.18. The largest absolute Gasteiger partial charge is 0.368 e. The molecule has 0 bridgehead atoms. The van der Waals surface area contributed by atoms with E-state index in [0.717, 1.165) is 25.9 Å². The lowest BCUT2D eigenvalue weighted by atomic mass is 9.98. The Morgan fingerprint density at radius 3 is 2.63 bits per heavy atom. The van der Waals surface area contributed by atoms with Gasteiger partial charge in [-0.05, 0) is 38.4 Å². The van der Waals surface area contributed by atoms with Crippen molar-refractivity contribution >= 4 is 17.7 Å². The van der Waals surface area contributed by atoms with Crippen LogP contribution in [0.1, 0.15) is 51.9 Å². The van der Waals surface area contributed by atoms with Crippen molar-refractivity contribution in [1.82, 2.24) is 4.90 Å². The Morgan fingerprint density at radius 1 is 1.21 bits per heavy atom. The van der Waals surface area contributed by atoms with E-state index in [-0.39, 0.29) is 12.5 Å². The van der Waals surface area contributed by atoms with Crippen LogP contribution in [0.5, 0.6) is 0 Å². The third kappa shape index (κ3) is 4.99. The molecule has 0 N–H and O–H groups in total. The first-order valence-electron chi connectivity index (χ1n) is 7.80. The summed E-state index contributed by atoms with van der Waals surface area (Å²) in [5, 5.41) is 0.651. The highest BCUT2D eigenvalue weighted by atomic mass is 32.2. The van der Waals surface area contributed by atoms with Crippen LogP contribution in [0.25, 0.3) is 0 Å². The molecular formula is C15H27NO2S. The molecule has 1 saturated carbocycles. The molecule has 1 saturated heterocycles. The minimum atomic E-state index is 0.181. The smallest absolute Gasteiger partial charge is 0.248 e. The standard InChI is InChI=1S/C15H27NO2S/c1-2-16(11-14-9-6-10-19-14)15(17)12-18-13-7-4-3-5-8-13/h13-14H,2-12H2,1H3. The normalized spacial score (nSPS) is 24.6.